The van der Waals surface area contributed by atoms with E-state index in [1.165, 1.54) is 0 Å². The molecule has 0 aliphatic carbocycles. The molecule has 1 spiro atoms. The smallest absolute Gasteiger partial charge is 0.311 e. The number of carbonyl (C=O) groups excluding carboxylic acids is 3. The van der Waals surface area contributed by atoms with E-state index in [1.54, 1.807) is 22.7 Å². The van der Waals surface area contributed by atoms with Crippen molar-refractivity contribution >= 4 is 29.5 Å². The number of hydrogen-bond acceptors (Lipinski definition) is 6. The summed E-state index contributed by atoms with van der Waals surface area (Å²) in [6.45, 7) is 20.7. The van der Waals surface area contributed by atoms with Crippen LogP contribution in [0.25, 0.3) is 0 Å². The average Bonchev–Trinajstić information content (AvgIpc) is 3.52. The van der Waals surface area contributed by atoms with E-state index in [1.807, 2.05) is 41.3 Å². The van der Waals surface area contributed by atoms with Gasteiger partial charge in [-0.2, -0.15) is 0 Å². The molecule has 2 bridgehead atoms. The van der Waals surface area contributed by atoms with Gasteiger partial charge in [-0.3, -0.25) is 14.4 Å². The second kappa shape index (κ2) is 13.0. The predicted octanol–water partition coefficient (Wildman–Crippen LogP) is 6.33. The molecule has 3 fully saturated rings. The topological polar surface area (TPSA) is 87.1 Å². The molecule has 3 aliphatic heterocycles. The quantitative estimate of drug-likeness (QED) is 0.148. The van der Waals surface area contributed by atoms with E-state index in [4.69, 9.17) is 4.74 Å². The summed E-state index contributed by atoms with van der Waals surface area (Å²) in [6.07, 6.45) is 8.13. The van der Waals surface area contributed by atoms with Crippen molar-refractivity contribution < 1.29 is 24.2 Å². The van der Waals surface area contributed by atoms with Crippen LogP contribution in [-0.4, -0.2) is 73.5 Å². The number of hydrogen-bond donors (Lipinski definition) is 1. The number of esters is 1. The summed E-state index contributed by atoms with van der Waals surface area (Å²) in [5.74, 6) is -2.14. The van der Waals surface area contributed by atoms with Gasteiger partial charge in [-0.05, 0) is 70.3 Å². The molecule has 2 amide bonds. The molecule has 4 rings (SSSR count). The van der Waals surface area contributed by atoms with Crippen LogP contribution in [0.15, 0.2) is 55.6 Å². The first-order valence-corrected chi connectivity index (χ1v) is 16.9. The highest BCUT2D eigenvalue weighted by atomic mass is 32.2. The molecule has 0 aromatic heterocycles. The lowest BCUT2D eigenvalue weighted by Crippen LogP contribution is -2.60. The summed E-state index contributed by atoms with van der Waals surface area (Å²) in [6, 6.07) is 7.82. The predicted molar refractivity (Wildman–Crippen MR) is 177 cm³/mol. The number of aliphatic hydroxyl groups excluding tert-OH is 1. The Kier molecular flexibility index (Phi) is 10.2. The lowest BCUT2D eigenvalue weighted by molar-refractivity contribution is -0.156. The van der Waals surface area contributed by atoms with Gasteiger partial charge in [0.15, 0.2) is 0 Å². The van der Waals surface area contributed by atoms with Crippen molar-refractivity contribution in [1.82, 2.24) is 9.80 Å². The third kappa shape index (κ3) is 6.26. The highest BCUT2D eigenvalue weighted by molar-refractivity contribution is 8.02. The molecule has 242 valence electrons. The van der Waals surface area contributed by atoms with Crippen LogP contribution in [-0.2, 0) is 19.1 Å². The Hall–Kier alpha value is -2.58. The van der Waals surface area contributed by atoms with Crippen LogP contribution < -0.4 is 0 Å². The molecule has 7 nitrogen and oxygen atoms in total. The van der Waals surface area contributed by atoms with Crippen molar-refractivity contribution in [3.05, 3.63) is 61.2 Å². The van der Waals surface area contributed by atoms with Crippen LogP contribution in [0, 0.1) is 17.3 Å². The van der Waals surface area contributed by atoms with Gasteiger partial charge >= 0.3 is 5.97 Å². The summed E-state index contributed by atoms with van der Waals surface area (Å²) < 4.78 is 4.50. The second-order valence-electron chi connectivity index (χ2n) is 14.8. The van der Waals surface area contributed by atoms with E-state index < -0.39 is 39.0 Å². The molecule has 3 saturated heterocycles. The number of allylic oxidation sites excluding steroid dienone is 1. The molecular formula is C36H52N2O5S. The van der Waals surface area contributed by atoms with Crippen molar-refractivity contribution in [2.24, 2.45) is 17.3 Å². The fourth-order valence-corrected chi connectivity index (χ4v) is 10.7. The summed E-state index contributed by atoms with van der Waals surface area (Å²) in [7, 11) is 0. The molecular weight excluding hydrogens is 572 g/mol. The molecule has 44 heavy (non-hydrogen) atoms. The van der Waals surface area contributed by atoms with Crippen LogP contribution in [0.4, 0.5) is 0 Å². The fourth-order valence-electron chi connectivity index (χ4n) is 8.32. The van der Waals surface area contributed by atoms with Gasteiger partial charge in [0.05, 0.1) is 35.8 Å². The molecule has 0 saturated carbocycles. The fraction of sp³-hybridized carbons (Fsp3) is 0.639. The van der Waals surface area contributed by atoms with Gasteiger partial charge < -0.3 is 19.6 Å². The van der Waals surface area contributed by atoms with Crippen LogP contribution in [0.5, 0.6) is 0 Å². The zero-order valence-corrected chi connectivity index (χ0v) is 28.3. The molecule has 1 N–H and O–H groups in total. The largest absolute Gasteiger partial charge is 0.465 e. The van der Waals surface area contributed by atoms with Crippen molar-refractivity contribution in [3.8, 4) is 0 Å². The molecule has 6 atom stereocenters. The molecule has 0 radical (unpaired) electrons. The molecule has 3 aliphatic rings. The molecule has 1 aromatic rings. The second-order valence-corrected chi connectivity index (χ2v) is 16.7. The number of unbranched alkanes of at least 4 members (excludes halogenated alkanes) is 2. The monoisotopic (exact) mass is 624 g/mol. The molecule has 3 heterocycles. The average molecular weight is 625 g/mol. The van der Waals surface area contributed by atoms with Gasteiger partial charge in [0.2, 0.25) is 11.8 Å². The maximum absolute atomic E-state index is 15.1. The molecule has 2 unspecified atom stereocenters. The van der Waals surface area contributed by atoms with E-state index in [0.717, 1.165) is 31.2 Å². The number of thioether (sulfide) groups is 1. The minimum absolute atomic E-state index is 0.0541. The van der Waals surface area contributed by atoms with Crippen LogP contribution >= 0.6 is 11.8 Å². The molecule has 8 heteroatoms. The minimum atomic E-state index is -0.853. The highest BCUT2D eigenvalue weighted by Gasteiger charge is 2.78. The first-order valence-electron chi connectivity index (χ1n) is 16.1. The summed E-state index contributed by atoms with van der Waals surface area (Å²) in [5, 5.41) is 10.8. The third-order valence-electron chi connectivity index (χ3n) is 9.71. The number of likely N-dealkylation sites (tertiary alicyclic amines) is 1. The highest BCUT2D eigenvalue weighted by Crippen LogP contribution is 2.72. The lowest BCUT2D eigenvalue weighted by Gasteiger charge is -2.46. The summed E-state index contributed by atoms with van der Waals surface area (Å²) in [4.78, 5) is 47.2. The Morgan fingerprint density at radius 3 is 2.41 bits per heavy atom. The number of aliphatic hydroxyl groups is 1. The Morgan fingerprint density at radius 2 is 1.82 bits per heavy atom. The normalized spacial score (nSPS) is 28.5. The van der Waals surface area contributed by atoms with Crippen molar-refractivity contribution in [2.45, 2.75) is 107 Å². The van der Waals surface area contributed by atoms with Gasteiger partial charge in [0.25, 0.3) is 0 Å². The zero-order chi connectivity index (χ0) is 32.5. The first-order chi connectivity index (χ1) is 20.7. The van der Waals surface area contributed by atoms with E-state index in [2.05, 4.69) is 54.7 Å². The number of nitrogens with zero attached hydrogens (tertiary/aromatic N) is 2. The van der Waals surface area contributed by atoms with E-state index in [0.29, 0.717) is 26.0 Å². The first kappa shape index (κ1) is 34.3. The molecule has 1 aromatic carbocycles. The van der Waals surface area contributed by atoms with Gasteiger partial charge in [0, 0.05) is 16.8 Å². The van der Waals surface area contributed by atoms with Crippen LogP contribution in [0.3, 0.4) is 0 Å². The summed E-state index contributed by atoms with van der Waals surface area (Å²) >= 11 is 1.63. The Bertz CT molecular complexity index is 1240. The van der Waals surface area contributed by atoms with Gasteiger partial charge in [-0.15, -0.1) is 24.9 Å². The number of ether oxygens (including phenoxy) is 1. The van der Waals surface area contributed by atoms with Gasteiger partial charge in [0.1, 0.15) is 6.04 Å². The van der Waals surface area contributed by atoms with Crippen LogP contribution in [0.2, 0.25) is 0 Å². The number of amides is 2. The number of rotatable bonds is 14. The maximum atomic E-state index is 15.1. The SMILES string of the molecule is C=CCCCCOC(=O)[C@H]1[C@H]2C(=O)N([C@H](CO)c3ccccc3)C(C(=O)N(CC=C)C(C)(C)CC(C)(C)C)C23CC[C@]1(C)S3. The van der Waals surface area contributed by atoms with Gasteiger partial charge in [-0.25, -0.2) is 0 Å². The lowest BCUT2D eigenvalue weighted by atomic mass is 9.66. The third-order valence-corrected chi connectivity index (χ3v) is 11.7. The van der Waals surface area contributed by atoms with Gasteiger partial charge in [-0.1, -0.05) is 63.3 Å². The Morgan fingerprint density at radius 1 is 1.14 bits per heavy atom. The minimum Gasteiger partial charge on any atom is -0.465 e. The van der Waals surface area contributed by atoms with Crippen molar-refractivity contribution in [2.75, 3.05) is 19.8 Å². The number of fused-ring (bicyclic) bond motifs is 1. The van der Waals surface area contributed by atoms with Crippen LogP contribution in [0.1, 0.15) is 91.7 Å². The Labute approximate surface area is 268 Å². The van der Waals surface area contributed by atoms with Crippen molar-refractivity contribution in [1.29, 1.82) is 0 Å². The Balaban J connectivity index is 1.81. The van der Waals surface area contributed by atoms with E-state index >= 15 is 4.79 Å². The number of carbonyl (C=O) groups is 3. The maximum Gasteiger partial charge on any atom is 0.311 e. The standard InChI is InChI=1S/C36H52N2O5S/c1-9-11-12-16-22-43-32(42)28-27-30(40)38(26(23-39)25-17-14-13-15-18-25)29(36(27)20-19-35(28,8)44-36)31(41)37(21-10-2)34(6,7)24-33(3,4)5/h9-10,13-15,17-18,26-29,39H,1-2,11-12,16,19-24H2,3-8H3/t26-,27+,28-,29?,35+,36?/m1/s1. The number of benzene rings is 1. The summed E-state index contributed by atoms with van der Waals surface area (Å²) in [5.41, 5.74) is 0.166. The van der Waals surface area contributed by atoms with E-state index in [-0.39, 0.29) is 29.8 Å². The van der Waals surface area contributed by atoms with E-state index in [9.17, 15) is 14.7 Å². The zero-order valence-electron chi connectivity index (χ0n) is 27.5. The van der Waals surface area contributed by atoms with Crippen molar-refractivity contribution in [3.63, 3.8) is 0 Å².